The van der Waals surface area contributed by atoms with Crippen molar-refractivity contribution in [2.24, 2.45) is 0 Å². The van der Waals surface area contributed by atoms with Gasteiger partial charge in [0.2, 0.25) is 0 Å². The zero-order valence-corrected chi connectivity index (χ0v) is 10.1. The number of hydrogen-bond acceptors (Lipinski definition) is 3. The van der Waals surface area contributed by atoms with Crippen molar-refractivity contribution in [1.82, 2.24) is 10.0 Å². The number of benzene rings is 1. The first-order valence-electron chi connectivity index (χ1n) is 4.27. The van der Waals surface area contributed by atoms with Crippen LogP contribution in [0.4, 0.5) is 0 Å². The molecule has 0 spiro atoms. The summed E-state index contributed by atoms with van der Waals surface area (Å²) in [6, 6.07) is 6.54. The molecular weight excluding hydrogens is 232 g/mol. The molecule has 1 aromatic rings. The molecule has 0 aliphatic carbocycles. The van der Waals surface area contributed by atoms with Crippen LogP contribution in [0.1, 0.15) is 5.56 Å². The fourth-order valence-corrected chi connectivity index (χ4v) is 2.24. The fraction of sp³-hybridized carbons (Fsp3) is 0.222. The predicted molar refractivity (Wildman–Crippen MR) is 63.2 cm³/mol. The maximum Gasteiger partial charge on any atom is 0.263 e. The molecule has 0 aliphatic heterocycles. The Morgan fingerprint density at radius 2 is 1.80 bits per heavy atom. The topological polar surface area (TPSA) is 58.2 Å². The molecule has 4 nitrogen and oxygen atoms in total. The minimum Gasteiger partial charge on any atom is -0.365 e. The van der Waals surface area contributed by atoms with Crippen LogP contribution in [-0.2, 0) is 10.0 Å². The number of thiocarbonyl (C=S) groups is 1. The van der Waals surface area contributed by atoms with Crippen molar-refractivity contribution in [3.05, 3.63) is 29.8 Å². The van der Waals surface area contributed by atoms with Crippen molar-refractivity contribution >= 4 is 27.4 Å². The first-order chi connectivity index (χ1) is 6.95. The molecule has 0 aromatic heterocycles. The lowest BCUT2D eigenvalue weighted by Crippen LogP contribution is -2.37. The zero-order chi connectivity index (χ0) is 11.5. The van der Waals surface area contributed by atoms with Gasteiger partial charge in [0.05, 0.1) is 4.90 Å². The lowest BCUT2D eigenvalue weighted by Gasteiger charge is -2.08. The molecule has 0 radical (unpaired) electrons. The maximum absolute atomic E-state index is 11.7. The van der Waals surface area contributed by atoms with Gasteiger partial charge in [0.15, 0.2) is 5.11 Å². The summed E-state index contributed by atoms with van der Waals surface area (Å²) in [6.45, 7) is 1.89. The van der Waals surface area contributed by atoms with Crippen LogP contribution in [0.2, 0.25) is 0 Å². The number of nitrogens with one attached hydrogen (secondary N) is 2. The standard InChI is InChI=1S/C9H12N2O2S2/c1-7-3-5-8(6-4-7)15(12,13)11-9(14)10-2/h3-6H,1-2H3,(H2,10,11,14). The fourth-order valence-electron chi connectivity index (χ4n) is 0.949. The number of rotatable bonds is 2. The second-order valence-electron chi connectivity index (χ2n) is 3.00. The van der Waals surface area contributed by atoms with E-state index < -0.39 is 10.0 Å². The minimum absolute atomic E-state index is 0.0792. The molecule has 1 aromatic carbocycles. The van der Waals surface area contributed by atoms with Gasteiger partial charge in [-0.05, 0) is 31.3 Å². The molecule has 82 valence electrons. The van der Waals surface area contributed by atoms with E-state index in [0.717, 1.165) is 5.56 Å². The second-order valence-corrected chi connectivity index (χ2v) is 5.09. The third kappa shape index (κ3) is 3.17. The van der Waals surface area contributed by atoms with Gasteiger partial charge in [-0.25, -0.2) is 8.42 Å². The summed E-state index contributed by atoms with van der Waals surface area (Å²) in [5.41, 5.74) is 1.00. The summed E-state index contributed by atoms with van der Waals surface area (Å²) in [4.78, 5) is 0.200. The molecule has 0 unspecified atom stereocenters. The highest BCUT2D eigenvalue weighted by molar-refractivity contribution is 7.91. The summed E-state index contributed by atoms with van der Waals surface area (Å²) in [5.74, 6) is 0. The smallest absolute Gasteiger partial charge is 0.263 e. The summed E-state index contributed by atoms with van der Waals surface area (Å²) < 4.78 is 25.6. The molecule has 1 rings (SSSR count). The van der Waals surface area contributed by atoms with Gasteiger partial charge in [0.1, 0.15) is 0 Å². The van der Waals surface area contributed by atoms with Crippen molar-refractivity contribution in [3.63, 3.8) is 0 Å². The van der Waals surface area contributed by atoms with Crippen LogP contribution >= 0.6 is 12.2 Å². The molecule has 15 heavy (non-hydrogen) atoms. The van der Waals surface area contributed by atoms with E-state index in [4.69, 9.17) is 12.2 Å². The van der Waals surface area contributed by atoms with Crippen LogP contribution in [0, 0.1) is 6.92 Å². The Labute approximate surface area is 94.7 Å². The van der Waals surface area contributed by atoms with Crippen molar-refractivity contribution < 1.29 is 8.42 Å². The first-order valence-corrected chi connectivity index (χ1v) is 6.16. The van der Waals surface area contributed by atoms with Gasteiger partial charge in [-0.2, -0.15) is 0 Å². The Bertz CT molecular complexity index is 452. The maximum atomic E-state index is 11.7. The van der Waals surface area contributed by atoms with Crippen LogP contribution in [0.25, 0.3) is 0 Å². The van der Waals surface area contributed by atoms with Crippen LogP contribution in [0.15, 0.2) is 29.2 Å². The van der Waals surface area contributed by atoms with Gasteiger partial charge < -0.3 is 5.32 Å². The van der Waals surface area contributed by atoms with E-state index in [9.17, 15) is 8.42 Å². The highest BCUT2D eigenvalue weighted by Crippen LogP contribution is 2.09. The normalized spacial score (nSPS) is 10.8. The van der Waals surface area contributed by atoms with Crippen LogP contribution in [0.5, 0.6) is 0 Å². The van der Waals surface area contributed by atoms with Crippen molar-refractivity contribution in [2.75, 3.05) is 7.05 Å². The highest BCUT2D eigenvalue weighted by Gasteiger charge is 2.14. The van der Waals surface area contributed by atoms with Crippen LogP contribution < -0.4 is 10.0 Å². The van der Waals surface area contributed by atoms with E-state index in [1.165, 1.54) is 12.1 Å². The number of aryl methyl sites for hydroxylation is 1. The molecule has 2 N–H and O–H groups in total. The van der Waals surface area contributed by atoms with Crippen molar-refractivity contribution in [1.29, 1.82) is 0 Å². The molecule has 0 atom stereocenters. The van der Waals surface area contributed by atoms with Crippen molar-refractivity contribution in [2.45, 2.75) is 11.8 Å². The van der Waals surface area contributed by atoms with Gasteiger partial charge in [-0.3, -0.25) is 4.72 Å². The summed E-state index contributed by atoms with van der Waals surface area (Å²) in [6.07, 6.45) is 0. The third-order valence-corrected chi connectivity index (χ3v) is 3.59. The van der Waals surface area contributed by atoms with Gasteiger partial charge in [-0.15, -0.1) is 0 Å². The SMILES string of the molecule is CNC(=S)NS(=O)(=O)c1ccc(C)cc1. The Balaban J connectivity index is 2.96. The van der Waals surface area contributed by atoms with E-state index in [1.807, 2.05) is 6.92 Å². The third-order valence-electron chi connectivity index (χ3n) is 1.79. The van der Waals surface area contributed by atoms with Crippen LogP contribution in [0.3, 0.4) is 0 Å². The van der Waals surface area contributed by atoms with Gasteiger partial charge in [0.25, 0.3) is 10.0 Å². The summed E-state index contributed by atoms with van der Waals surface area (Å²) in [5, 5.41) is 2.62. The molecule has 0 heterocycles. The molecule has 0 fully saturated rings. The lowest BCUT2D eigenvalue weighted by molar-refractivity contribution is 0.592. The molecule has 0 saturated heterocycles. The second kappa shape index (κ2) is 4.59. The summed E-state index contributed by atoms with van der Waals surface area (Å²) in [7, 11) is -1.99. The Hall–Kier alpha value is -1.14. The molecule has 0 amide bonds. The average molecular weight is 244 g/mol. The number of hydrogen-bond donors (Lipinski definition) is 2. The molecule has 0 aliphatic rings. The van der Waals surface area contributed by atoms with E-state index in [0.29, 0.717) is 0 Å². The lowest BCUT2D eigenvalue weighted by atomic mass is 10.2. The summed E-state index contributed by atoms with van der Waals surface area (Å²) >= 11 is 4.73. The van der Waals surface area contributed by atoms with Gasteiger partial charge in [0, 0.05) is 7.05 Å². The van der Waals surface area contributed by atoms with Gasteiger partial charge in [-0.1, -0.05) is 17.7 Å². The predicted octanol–water partition coefficient (Wildman–Crippen LogP) is 0.778. The largest absolute Gasteiger partial charge is 0.365 e. The minimum atomic E-state index is -3.54. The quantitative estimate of drug-likeness (QED) is 0.755. The first kappa shape index (κ1) is 11.9. The van der Waals surface area contributed by atoms with Crippen molar-refractivity contribution in [3.8, 4) is 0 Å². The monoisotopic (exact) mass is 244 g/mol. The molecule has 0 saturated carbocycles. The molecule has 6 heteroatoms. The Kier molecular flexibility index (Phi) is 3.65. The van der Waals surface area contributed by atoms with E-state index >= 15 is 0 Å². The average Bonchev–Trinajstić information content (AvgIpc) is 2.17. The Morgan fingerprint density at radius 3 is 2.27 bits per heavy atom. The molecular formula is C9H12N2O2S2. The molecule has 0 bridgehead atoms. The Morgan fingerprint density at radius 1 is 1.27 bits per heavy atom. The van der Waals surface area contributed by atoms with E-state index in [2.05, 4.69) is 10.0 Å². The van der Waals surface area contributed by atoms with Crippen LogP contribution in [-0.4, -0.2) is 20.6 Å². The van der Waals surface area contributed by atoms with E-state index in [-0.39, 0.29) is 10.0 Å². The number of sulfonamides is 1. The van der Waals surface area contributed by atoms with Gasteiger partial charge >= 0.3 is 0 Å². The van der Waals surface area contributed by atoms with E-state index in [1.54, 1.807) is 19.2 Å². The zero-order valence-electron chi connectivity index (χ0n) is 8.44. The highest BCUT2D eigenvalue weighted by atomic mass is 32.2.